The average molecular weight is 512 g/mol. The average Bonchev–Trinajstić information content (AvgIpc) is 2.82. The van der Waals surface area contributed by atoms with Crippen LogP contribution in [0.3, 0.4) is 0 Å². The van der Waals surface area contributed by atoms with E-state index in [1.807, 2.05) is 6.07 Å². The highest BCUT2D eigenvalue weighted by Crippen LogP contribution is 2.31. The Kier molecular flexibility index (Phi) is 9.03. The lowest BCUT2D eigenvalue weighted by Crippen LogP contribution is -2.28. The first-order valence-corrected chi connectivity index (χ1v) is 11.3. The fourth-order valence-electron chi connectivity index (χ4n) is 3.72. The van der Waals surface area contributed by atoms with Crippen LogP contribution in [0.4, 0.5) is 27.6 Å². The number of alkyl halides is 3. The molecule has 1 N–H and O–H groups in total. The van der Waals surface area contributed by atoms with Crippen molar-refractivity contribution in [3.8, 4) is 5.75 Å². The smallest absolute Gasteiger partial charge is 0.506 e. The Hall–Kier alpha value is -3.47. The van der Waals surface area contributed by atoms with Crippen LogP contribution in [-0.2, 0) is 16.1 Å². The number of nitrogens with zero attached hydrogens (tertiary/aromatic N) is 2. The summed E-state index contributed by atoms with van der Waals surface area (Å²) >= 11 is 0. The van der Waals surface area contributed by atoms with Crippen LogP contribution in [0.2, 0.25) is 0 Å². The predicted octanol–water partition coefficient (Wildman–Crippen LogP) is 6.08. The number of hydrogen-bond acceptors (Lipinski definition) is 6. The fourth-order valence-corrected chi connectivity index (χ4v) is 3.72. The minimum absolute atomic E-state index is 0.0883. The quantitative estimate of drug-likeness (QED) is 0.153. The lowest BCUT2D eigenvalue weighted by molar-refractivity contribution is -0.275. The largest absolute Gasteiger partial charge is 0.573 e. The zero-order valence-corrected chi connectivity index (χ0v) is 19.4. The maximum Gasteiger partial charge on any atom is 0.573 e. The number of carbonyl (C=O) groups excluding carboxylic acids is 1. The molecule has 1 fully saturated rings. The van der Waals surface area contributed by atoms with Crippen LogP contribution < -0.4 is 4.74 Å². The monoisotopic (exact) mass is 512 g/mol. The van der Waals surface area contributed by atoms with Crippen molar-refractivity contribution in [2.24, 2.45) is 4.99 Å². The molecule has 11 heteroatoms. The van der Waals surface area contributed by atoms with Gasteiger partial charge in [0.05, 0.1) is 12.3 Å². The molecule has 0 bridgehead atoms. The van der Waals surface area contributed by atoms with E-state index in [1.54, 1.807) is 18.2 Å². The number of rotatable bonds is 8. The summed E-state index contributed by atoms with van der Waals surface area (Å²) in [6, 6.07) is 8.00. The summed E-state index contributed by atoms with van der Waals surface area (Å²) in [6.45, 7) is 4.11. The maximum atomic E-state index is 14.0. The Labute approximate surface area is 204 Å². The molecular formula is C25H25F5N2O4. The number of benzene rings is 2. The molecule has 36 heavy (non-hydrogen) atoms. The molecule has 6 nitrogen and oxygen atoms in total. The molecule has 0 aliphatic carbocycles. The zero-order chi connectivity index (χ0) is 26.3. The Bertz CT molecular complexity index is 1140. The molecule has 0 spiro atoms. The predicted molar refractivity (Wildman–Crippen MR) is 123 cm³/mol. The molecule has 2 aromatic rings. The number of hydrogen-bond donors (Lipinski definition) is 1. The van der Waals surface area contributed by atoms with E-state index in [1.165, 1.54) is 13.3 Å². The van der Waals surface area contributed by atoms with E-state index < -0.39 is 46.6 Å². The number of esters is 1. The summed E-state index contributed by atoms with van der Waals surface area (Å²) in [5.74, 6) is -7.15. The first kappa shape index (κ1) is 27.1. The second-order valence-electron chi connectivity index (χ2n) is 8.07. The van der Waals surface area contributed by atoms with Gasteiger partial charge in [-0.05, 0) is 62.7 Å². The van der Waals surface area contributed by atoms with Gasteiger partial charge in [0.15, 0.2) is 11.6 Å². The number of piperidine rings is 1. The highest BCUT2D eigenvalue weighted by atomic mass is 19.4. The standard InChI is InChI=1S/C25H25F5N2O4/c1-2-35-24(34)19(23(33)17-12-20(26)22(27)21(13-17)36-25(28,29)30)14-31-18-8-6-7-16(11-18)15-32-9-4-3-5-10-32/h6-8,11-14,33H,2-5,9-10,15H2,1H3/b23-19-,31-14?. The minimum atomic E-state index is -5.31. The number of ether oxygens (including phenoxy) is 2. The molecule has 0 unspecified atom stereocenters. The number of aliphatic hydroxyl groups excluding tert-OH is 1. The Morgan fingerprint density at radius 3 is 2.53 bits per heavy atom. The molecule has 1 aliphatic heterocycles. The molecule has 0 atom stereocenters. The normalized spacial score (nSPS) is 15.6. The Morgan fingerprint density at radius 2 is 1.86 bits per heavy atom. The van der Waals surface area contributed by atoms with Crippen molar-refractivity contribution in [2.75, 3.05) is 19.7 Å². The molecule has 0 aromatic heterocycles. The van der Waals surface area contributed by atoms with E-state index in [0.717, 1.165) is 37.7 Å². The van der Waals surface area contributed by atoms with Crippen LogP contribution in [0.15, 0.2) is 47.0 Å². The maximum absolute atomic E-state index is 14.0. The van der Waals surface area contributed by atoms with Gasteiger partial charge in [-0.15, -0.1) is 13.2 Å². The van der Waals surface area contributed by atoms with E-state index in [9.17, 15) is 31.9 Å². The van der Waals surface area contributed by atoms with Crippen LogP contribution in [0.25, 0.3) is 5.76 Å². The Balaban J connectivity index is 1.94. The molecule has 194 valence electrons. The number of carbonyl (C=O) groups is 1. The van der Waals surface area contributed by atoms with Gasteiger partial charge in [-0.1, -0.05) is 18.6 Å². The molecule has 1 saturated heterocycles. The number of halogens is 5. The first-order chi connectivity index (χ1) is 17.1. The SMILES string of the molecule is CCOC(=O)/C(C=Nc1cccc(CN2CCCCC2)c1)=C(\O)c1cc(F)c(F)c(OC(F)(F)F)c1. The third-order valence-electron chi connectivity index (χ3n) is 5.35. The van der Waals surface area contributed by atoms with Crippen LogP contribution in [0.1, 0.15) is 37.3 Å². The van der Waals surface area contributed by atoms with E-state index >= 15 is 0 Å². The van der Waals surface area contributed by atoms with Crippen LogP contribution in [-0.4, -0.2) is 48.2 Å². The van der Waals surface area contributed by atoms with Crippen molar-refractivity contribution < 1.29 is 41.3 Å². The molecular weight excluding hydrogens is 487 g/mol. The fraction of sp³-hybridized carbons (Fsp3) is 0.360. The summed E-state index contributed by atoms with van der Waals surface area (Å²) in [4.78, 5) is 19.0. The molecule has 3 rings (SSSR count). The summed E-state index contributed by atoms with van der Waals surface area (Å²) < 4.78 is 73.9. The van der Waals surface area contributed by atoms with Gasteiger partial charge >= 0.3 is 12.3 Å². The van der Waals surface area contributed by atoms with Crippen molar-refractivity contribution in [1.29, 1.82) is 0 Å². The third-order valence-corrected chi connectivity index (χ3v) is 5.35. The molecule has 0 amide bonds. The summed E-state index contributed by atoms with van der Waals surface area (Å²) in [5, 5.41) is 10.6. The van der Waals surface area contributed by atoms with Gasteiger partial charge in [-0.3, -0.25) is 9.89 Å². The lowest BCUT2D eigenvalue weighted by atomic mass is 10.1. The van der Waals surface area contributed by atoms with Gasteiger partial charge in [0, 0.05) is 18.3 Å². The topological polar surface area (TPSA) is 71.4 Å². The van der Waals surface area contributed by atoms with Gasteiger partial charge in [-0.25, -0.2) is 9.18 Å². The summed E-state index contributed by atoms with van der Waals surface area (Å²) in [5.41, 5.74) is 0.209. The third kappa shape index (κ3) is 7.51. The van der Waals surface area contributed by atoms with Gasteiger partial charge in [0.1, 0.15) is 11.3 Å². The molecule has 0 radical (unpaired) electrons. The van der Waals surface area contributed by atoms with Gasteiger partial charge < -0.3 is 14.6 Å². The second-order valence-corrected chi connectivity index (χ2v) is 8.07. The van der Waals surface area contributed by atoms with Crippen LogP contribution >= 0.6 is 0 Å². The Morgan fingerprint density at radius 1 is 1.14 bits per heavy atom. The molecule has 0 saturated carbocycles. The van der Waals surface area contributed by atoms with E-state index in [4.69, 9.17) is 4.74 Å². The molecule has 1 heterocycles. The van der Waals surface area contributed by atoms with Crippen LogP contribution in [0, 0.1) is 11.6 Å². The van der Waals surface area contributed by atoms with E-state index in [2.05, 4.69) is 14.6 Å². The highest BCUT2D eigenvalue weighted by molar-refractivity contribution is 6.15. The number of aliphatic imine (C=N–C) groups is 1. The van der Waals surface area contributed by atoms with Crippen LogP contribution in [0.5, 0.6) is 5.75 Å². The van der Waals surface area contributed by atoms with Crippen molar-refractivity contribution in [2.45, 2.75) is 39.1 Å². The summed E-state index contributed by atoms with van der Waals surface area (Å²) in [7, 11) is 0. The van der Waals surface area contributed by atoms with Crippen molar-refractivity contribution in [3.63, 3.8) is 0 Å². The molecule has 2 aromatic carbocycles. The van der Waals surface area contributed by atoms with Crippen molar-refractivity contribution >= 4 is 23.6 Å². The number of likely N-dealkylation sites (tertiary alicyclic amines) is 1. The van der Waals surface area contributed by atoms with E-state index in [-0.39, 0.29) is 6.61 Å². The zero-order valence-electron chi connectivity index (χ0n) is 19.4. The first-order valence-electron chi connectivity index (χ1n) is 11.3. The minimum Gasteiger partial charge on any atom is -0.506 e. The second kappa shape index (κ2) is 12.0. The molecule has 1 aliphatic rings. The van der Waals surface area contributed by atoms with Gasteiger partial charge in [-0.2, -0.15) is 4.39 Å². The van der Waals surface area contributed by atoms with E-state index in [0.29, 0.717) is 24.4 Å². The summed E-state index contributed by atoms with van der Waals surface area (Å²) in [6.07, 6.45) is -0.890. The van der Waals surface area contributed by atoms with Crippen molar-refractivity contribution in [3.05, 3.63) is 64.7 Å². The van der Waals surface area contributed by atoms with Gasteiger partial charge in [0.2, 0.25) is 5.82 Å². The number of aliphatic hydroxyl groups is 1. The van der Waals surface area contributed by atoms with Gasteiger partial charge in [0.25, 0.3) is 0 Å². The highest BCUT2D eigenvalue weighted by Gasteiger charge is 2.33. The van der Waals surface area contributed by atoms with Crippen molar-refractivity contribution in [1.82, 2.24) is 4.90 Å². The lowest BCUT2D eigenvalue weighted by Gasteiger charge is -2.26.